The van der Waals surface area contributed by atoms with Gasteiger partial charge in [-0.05, 0) is 76.3 Å². The van der Waals surface area contributed by atoms with Gasteiger partial charge in [0.2, 0.25) is 10.0 Å². The van der Waals surface area contributed by atoms with Crippen molar-refractivity contribution in [2.75, 3.05) is 6.54 Å². The van der Waals surface area contributed by atoms with Crippen molar-refractivity contribution in [2.24, 2.45) is 0 Å². The van der Waals surface area contributed by atoms with Gasteiger partial charge in [-0.3, -0.25) is 4.79 Å². The van der Waals surface area contributed by atoms with Crippen LogP contribution in [0.15, 0.2) is 47.4 Å². The molecule has 0 saturated carbocycles. The van der Waals surface area contributed by atoms with Gasteiger partial charge in [0.05, 0.1) is 15.5 Å². The standard InChI is InChI=1S/C25H32ClN3O3S/c1-24(2)14-19(15-25(3,4)28-24)27-23(30)21-13-20(9-10-22(21)26)33(31,32)29-12-11-17-7-5-6-8-18(17)16-29/h5-10,13,19,28H,11-12,14-16H2,1-4H3,(H,27,30). The van der Waals surface area contributed by atoms with E-state index in [4.69, 9.17) is 11.6 Å². The largest absolute Gasteiger partial charge is 0.349 e. The number of hydrogen-bond acceptors (Lipinski definition) is 4. The summed E-state index contributed by atoms with van der Waals surface area (Å²) in [7, 11) is -3.76. The van der Waals surface area contributed by atoms with Crippen molar-refractivity contribution in [2.45, 2.75) is 75.5 Å². The van der Waals surface area contributed by atoms with Crippen LogP contribution in [0.5, 0.6) is 0 Å². The average Bonchev–Trinajstić information content (AvgIpc) is 2.71. The van der Waals surface area contributed by atoms with Crippen LogP contribution in [0.2, 0.25) is 5.02 Å². The molecule has 2 aromatic carbocycles. The van der Waals surface area contributed by atoms with Gasteiger partial charge in [0, 0.05) is 30.2 Å². The number of carbonyl (C=O) groups is 1. The first-order valence-electron chi connectivity index (χ1n) is 11.3. The van der Waals surface area contributed by atoms with Crippen LogP contribution >= 0.6 is 11.6 Å². The minimum absolute atomic E-state index is 0.0429. The molecule has 0 spiro atoms. The van der Waals surface area contributed by atoms with E-state index in [-0.39, 0.29) is 38.5 Å². The summed E-state index contributed by atoms with van der Waals surface area (Å²) in [6.45, 7) is 9.19. The van der Waals surface area contributed by atoms with E-state index in [1.165, 1.54) is 28.1 Å². The summed E-state index contributed by atoms with van der Waals surface area (Å²) in [4.78, 5) is 13.2. The molecule has 2 aliphatic heterocycles. The molecule has 0 aliphatic carbocycles. The van der Waals surface area contributed by atoms with Crippen LogP contribution in [0.3, 0.4) is 0 Å². The Balaban J connectivity index is 1.56. The van der Waals surface area contributed by atoms with Crippen molar-refractivity contribution >= 4 is 27.5 Å². The molecule has 6 nitrogen and oxygen atoms in total. The molecule has 2 heterocycles. The number of amides is 1. The van der Waals surface area contributed by atoms with Crippen LogP contribution in [0.25, 0.3) is 0 Å². The lowest BCUT2D eigenvalue weighted by molar-refractivity contribution is 0.0873. The van der Waals surface area contributed by atoms with Crippen molar-refractivity contribution in [1.29, 1.82) is 0 Å². The molecular formula is C25H32ClN3O3S. The van der Waals surface area contributed by atoms with E-state index in [1.807, 2.05) is 24.3 Å². The minimum Gasteiger partial charge on any atom is -0.349 e. The van der Waals surface area contributed by atoms with Crippen molar-refractivity contribution in [3.05, 3.63) is 64.2 Å². The Morgan fingerprint density at radius 1 is 1.06 bits per heavy atom. The average molecular weight is 490 g/mol. The second-order valence-electron chi connectivity index (χ2n) is 10.5. The summed E-state index contributed by atoms with van der Waals surface area (Å²) >= 11 is 6.34. The Kier molecular flexibility index (Phi) is 6.37. The van der Waals surface area contributed by atoms with Gasteiger partial charge in [-0.15, -0.1) is 0 Å². The number of sulfonamides is 1. The summed E-state index contributed by atoms with van der Waals surface area (Å²) in [6, 6.07) is 12.2. The summed E-state index contributed by atoms with van der Waals surface area (Å²) in [5, 5.41) is 6.92. The maximum atomic E-state index is 13.4. The Morgan fingerprint density at radius 3 is 2.36 bits per heavy atom. The first-order chi connectivity index (χ1) is 15.4. The van der Waals surface area contributed by atoms with E-state index < -0.39 is 10.0 Å². The van der Waals surface area contributed by atoms with Gasteiger partial charge < -0.3 is 10.6 Å². The van der Waals surface area contributed by atoms with E-state index in [2.05, 4.69) is 38.3 Å². The van der Waals surface area contributed by atoms with Gasteiger partial charge >= 0.3 is 0 Å². The first kappa shape index (κ1) is 24.2. The number of piperidine rings is 1. The lowest BCUT2D eigenvalue weighted by atomic mass is 9.79. The number of fused-ring (bicyclic) bond motifs is 1. The van der Waals surface area contributed by atoms with Gasteiger partial charge in [0.15, 0.2) is 0 Å². The number of hydrogen-bond donors (Lipinski definition) is 2. The molecule has 8 heteroatoms. The van der Waals surface area contributed by atoms with Crippen LogP contribution in [-0.2, 0) is 23.0 Å². The normalized spacial score (nSPS) is 20.8. The number of nitrogens with one attached hydrogen (secondary N) is 2. The van der Waals surface area contributed by atoms with Gasteiger partial charge in [0.25, 0.3) is 5.91 Å². The van der Waals surface area contributed by atoms with E-state index in [0.29, 0.717) is 19.5 Å². The monoisotopic (exact) mass is 489 g/mol. The highest BCUT2D eigenvalue weighted by Crippen LogP contribution is 2.30. The van der Waals surface area contributed by atoms with E-state index in [0.717, 1.165) is 18.4 Å². The summed E-state index contributed by atoms with van der Waals surface area (Å²) in [6.07, 6.45) is 2.20. The molecule has 1 fully saturated rings. The van der Waals surface area contributed by atoms with Gasteiger partial charge in [0.1, 0.15) is 0 Å². The third-order valence-electron chi connectivity index (χ3n) is 6.44. The lowest BCUT2D eigenvalue weighted by Crippen LogP contribution is -2.62. The SMILES string of the molecule is CC1(C)CC(NC(=O)c2cc(S(=O)(=O)N3CCc4ccccc4C3)ccc2Cl)CC(C)(C)N1. The fourth-order valence-corrected chi connectivity index (χ4v) is 7.00. The molecule has 2 aliphatic rings. The molecule has 4 rings (SSSR count). The Labute approximate surface area is 201 Å². The third kappa shape index (κ3) is 5.27. The fourth-order valence-electron chi connectivity index (χ4n) is 5.35. The molecule has 1 amide bonds. The van der Waals surface area contributed by atoms with Gasteiger partial charge in [-0.25, -0.2) is 8.42 Å². The van der Waals surface area contributed by atoms with Crippen LogP contribution in [0.1, 0.15) is 62.0 Å². The maximum absolute atomic E-state index is 13.4. The van der Waals surface area contributed by atoms with E-state index >= 15 is 0 Å². The zero-order chi connectivity index (χ0) is 24.0. The minimum atomic E-state index is -3.76. The predicted octanol–water partition coefficient (Wildman–Crippen LogP) is 4.13. The van der Waals surface area contributed by atoms with Crippen LogP contribution in [0.4, 0.5) is 0 Å². The van der Waals surface area contributed by atoms with E-state index in [1.54, 1.807) is 0 Å². The maximum Gasteiger partial charge on any atom is 0.253 e. The van der Waals surface area contributed by atoms with Crippen molar-refractivity contribution < 1.29 is 13.2 Å². The molecule has 2 N–H and O–H groups in total. The topological polar surface area (TPSA) is 78.5 Å². The number of carbonyl (C=O) groups excluding carboxylic acids is 1. The smallest absolute Gasteiger partial charge is 0.253 e. The number of rotatable bonds is 4. The molecule has 0 bridgehead atoms. The Hall–Kier alpha value is -1.93. The second-order valence-corrected chi connectivity index (χ2v) is 12.8. The molecular weight excluding hydrogens is 458 g/mol. The number of halogens is 1. The molecule has 33 heavy (non-hydrogen) atoms. The first-order valence-corrected chi connectivity index (χ1v) is 13.1. The molecule has 178 valence electrons. The highest BCUT2D eigenvalue weighted by atomic mass is 35.5. The van der Waals surface area contributed by atoms with Crippen molar-refractivity contribution in [3.8, 4) is 0 Å². The molecule has 0 unspecified atom stereocenters. The van der Waals surface area contributed by atoms with Crippen LogP contribution in [0, 0.1) is 0 Å². The second kappa shape index (κ2) is 8.69. The number of nitrogens with zero attached hydrogens (tertiary/aromatic N) is 1. The molecule has 0 aromatic heterocycles. The van der Waals surface area contributed by atoms with Gasteiger partial charge in [-0.1, -0.05) is 35.9 Å². The summed E-state index contributed by atoms with van der Waals surface area (Å²) in [5.74, 6) is -0.348. The molecule has 1 saturated heterocycles. The number of benzene rings is 2. The predicted molar refractivity (Wildman–Crippen MR) is 131 cm³/mol. The quantitative estimate of drug-likeness (QED) is 0.677. The Bertz CT molecular complexity index is 1160. The lowest BCUT2D eigenvalue weighted by Gasteiger charge is -2.46. The summed E-state index contributed by atoms with van der Waals surface area (Å²) < 4.78 is 28.2. The highest BCUT2D eigenvalue weighted by molar-refractivity contribution is 7.89. The summed E-state index contributed by atoms with van der Waals surface area (Å²) in [5.41, 5.74) is 2.12. The third-order valence-corrected chi connectivity index (χ3v) is 8.61. The fraction of sp³-hybridized carbons (Fsp3) is 0.480. The van der Waals surface area contributed by atoms with Crippen LogP contribution in [-0.4, -0.2) is 42.3 Å². The zero-order valence-corrected chi connectivity index (χ0v) is 21.2. The molecule has 0 atom stereocenters. The Morgan fingerprint density at radius 2 is 1.70 bits per heavy atom. The highest BCUT2D eigenvalue weighted by Gasteiger charge is 2.38. The van der Waals surface area contributed by atoms with Gasteiger partial charge in [-0.2, -0.15) is 4.31 Å². The molecule has 0 radical (unpaired) electrons. The van der Waals surface area contributed by atoms with Crippen LogP contribution < -0.4 is 10.6 Å². The van der Waals surface area contributed by atoms with E-state index in [9.17, 15) is 13.2 Å². The van der Waals surface area contributed by atoms with Crippen molar-refractivity contribution in [3.63, 3.8) is 0 Å². The molecule has 2 aromatic rings. The van der Waals surface area contributed by atoms with Crippen molar-refractivity contribution in [1.82, 2.24) is 14.9 Å². The zero-order valence-electron chi connectivity index (χ0n) is 19.6.